The van der Waals surface area contributed by atoms with Crippen LogP contribution in [0.3, 0.4) is 0 Å². The van der Waals surface area contributed by atoms with Crippen molar-refractivity contribution in [3.63, 3.8) is 0 Å². The molecule has 0 bridgehead atoms. The second kappa shape index (κ2) is 6.10. The number of Topliss-reactive ketones (excluding diaryl/α,β-unsaturated/α-hetero) is 1. The molecular weight excluding hydrogens is 264 g/mol. The summed E-state index contributed by atoms with van der Waals surface area (Å²) in [5.74, 6) is 0.386. The van der Waals surface area contributed by atoms with E-state index in [1.807, 2.05) is 30.3 Å². The maximum absolute atomic E-state index is 11.9. The molecule has 21 heavy (non-hydrogen) atoms. The Morgan fingerprint density at radius 3 is 2.62 bits per heavy atom. The highest BCUT2D eigenvalue weighted by molar-refractivity contribution is 5.99. The number of hydrogen-bond acceptors (Lipinski definition) is 3. The van der Waals surface area contributed by atoms with E-state index in [2.05, 4.69) is 0 Å². The van der Waals surface area contributed by atoms with Crippen LogP contribution in [-0.4, -0.2) is 10.9 Å². The zero-order valence-electron chi connectivity index (χ0n) is 11.8. The second-order valence-corrected chi connectivity index (χ2v) is 5.34. The molecular formula is C18H18O3. The summed E-state index contributed by atoms with van der Waals surface area (Å²) in [5.41, 5.74) is 3.56. The molecule has 0 aliphatic heterocycles. The van der Waals surface area contributed by atoms with Gasteiger partial charge in [0, 0.05) is 17.5 Å². The van der Waals surface area contributed by atoms with E-state index in [1.165, 1.54) is 0 Å². The van der Waals surface area contributed by atoms with Gasteiger partial charge >= 0.3 is 0 Å². The summed E-state index contributed by atoms with van der Waals surface area (Å²) >= 11 is 0. The Bertz CT molecular complexity index is 647. The number of phenols is 1. The summed E-state index contributed by atoms with van der Waals surface area (Å²) in [6.45, 7) is 0.828. The molecule has 0 heterocycles. The number of ether oxygens (including phenoxy) is 1. The highest BCUT2D eigenvalue weighted by atomic mass is 16.5. The number of aromatic hydroxyl groups is 1. The lowest BCUT2D eigenvalue weighted by molar-refractivity contribution is 0.0964. The molecule has 0 amide bonds. The third-order valence-electron chi connectivity index (χ3n) is 3.90. The summed E-state index contributed by atoms with van der Waals surface area (Å²) < 4.78 is 5.72. The molecule has 1 aliphatic carbocycles. The normalized spacial score (nSPS) is 14.0. The first-order valence-electron chi connectivity index (χ1n) is 7.24. The van der Waals surface area contributed by atoms with Gasteiger partial charge in [0.15, 0.2) is 5.78 Å². The second-order valence-electron chi connectivity index (χ2n) is 5.34. The van der Waals surface area contributed by atoms with Crippen LogP contribution in [0.25, 0.3) is 0 Å². The molecule has 108 valence electrons. The van der Waals surface area contributed by atoms with Gasteiger partial charge in [0.2, 0.25) is 0 Å². The standard InChI is InChI=1S/C18H18O3/c19-17-8-4-7-14-15(17)9-10-18(20)16(14)12-21-11-13-5-2-1-3-6-13/h1-3,5-6,9-10,20H,4,7-8,11-12H2. The summed E-state index contributed by atoms with van der Waals surface area (Å²) in [6.07, 6.45) is 2.28. The third kappa shape index (κ3) is 2.98. The fraction of sp³-hybridized carbons (Fsp3) is 0.278. The first kappa shape index (κ1) is 13.8. The molecule has 1 N–H and O–H groups in total. The lowest BCUT2D eigenvalue weighted by Crippen LogP contribution is -2.13. The SMILES string of the molecule is O=C1CCCc2c1ccc(O)c2COCc1ccccc1. The molecule has 1 aliphatic rings. The van der Waals surface area contributed by atoms with Gasteiger partial charge in [-0.05, 0) is 36.1 Å². The van der Waals surface area contributed by atoms with Crippen molar-refractivity contribution in [3.05, 3.63) is 64.7 Å². The van der Waals surface area contributed by atoms with Crippen molar-refractivity contribution in [2.24, 2.45) is 0 Å². The lowest BCUT2D eigenvalue weighted by Gasteiger charge is -2.19. The quantitative estimate of drug-likeness (QED) is 0.931. The van der Waals surface area contributed by atoms with Gasteiger partial charge in [-0.15, -0.1) is 0 Å². The van der Waals surface area contributed by atoms with E-state index in [1.54, 1.807) is 12.1 Å². The zero-order chi connectivity index (χ0) is 14.7. The number of ketones is 1. The molecule has 0 saturated heterocycles. The van der Waals surface area contributed by atoms with Crippen LogP contribution in [0.4, 0.5) is 0 Å². The molecule has 3 nitrogen and oxygen atoms in total. The van der Waals surface area contributed by atoms with Gasteiger partial charge in [-0.2, -0.15) is 0 Å². The minimum atomic E-state index is 0.167. The number of rotatable bonds is 4. The number of hydrogen-bond donors (Lipinski definition) is 1. The van der Waals surface area contributed by atoms with E-state index >= 15 is 0 Å². The lowest BCUT2D eigenvalue weighted by atomic mass is 9.87. The van der Waals surface area contributed by atoms with Crippen LogP contribution in [0.15, 0.2) is 42.5 Å². The van der Waals surface area contributed by atoms with Crippen molar-refractivity contribution >= 4 is 5.78 Å². The van der Waals surface area contributed by atoms with Crippen molar-refractivity contribution in [2.75, 3.05) is 0 Å². The van der Waals surface area contributed by atoms with Crippen LogP contribution < -0.4 is 0 Å². The van der Waals surface area contributed by atoms with Crippen molar-refractivity contribution < 1.29 is 14.6 Å². The third-order valence-corrected chi connectivity index (χ3v) is 3.90. The molecule has 0 radical (unpaired) electrons. The Labute approximate surface area is 124 Å². The predicted molar refractivity (Wildman–Crippen MR) is 80.3 cm³/mol. The van der Waals surface area contributed by atoms with Crippen LogP contribution in [-0.2, 0) is 24.4 Å². The largest absolute Gasteiger partial charge is 0.508 e. The van der Waals surface area contributed by atoms with E-state index in [0.29, 0.717) is 19.6 Å². The number of benzene rings is 2. The molecule has 2 aromatic carbocycles. The van der Waals surface area contributed by atoms with Gasteiger partial charge in [-0.25, -0.2) is 0 Å². The van der Waals surface area contributed by atoms with Gasteiger partial charge < -0.3 is 9.84 Å². The smallest absolute Gasteiger partial charge is 0.163 e. The molecule has 3 rings (SSSR count). The molecule has 3 heteroatoms. The van der Waals surface area contributed by atoms with E-state index in [-0.39, 0.29) is 11.5 Å². The number of carbonyl (C=O) groups excluding carboxylic acids is 1. The molecule has 0 atom stereocenters. The minimum Gasteiger partial charge on any atom is -0.508 e. The highest BCUT2D eigenvalue weighted by Gasteiger charge is 2.21. The molecule has 0 unspecified atom stereocenters. The predicted octanol–water partition coefficient (Wildman–Crippen LogP) is 3.63. The fourth-order valence-electron chi connectivity index (χ4n) is 2.79. The molecule has 0 saturated carbocycles. The Morgan fingerprint density at radius 1 is 1.00 bits per heavy atom. The van der Waals surface area contributed by atoms with Crippen LogP contribution >= 0.6 is 0 Å². The number of phenolic OH excluding ortho intramolecular Hbond substituents is 1. The zero-order valence-corrected chi connectivity index (χ0v) is 11.8. The van der Waals surface area contributed by atoms with E-state index in [4.69, 9.17) is 4.74 Å². The average Bonchev–Trinajstić information content (AvgIpc) is 2.51. The fourth-order valence-corrected chi connectivity index (χ4v) is 2.79. The first-order chi connectivity index (χ1) is 10.3. The molecule has 2 aromatic rings. The van der Waals surface area contributed by atoms with Gasteiger partial charge in [0.05, 0.1) is 13.2 Å². The van der Waals surface area contributed by atoms with Crippen molar-refractivity contribution in [1.82, 2.24) is 0 Å². The maximum Gasteiger partial charge on any atom is 0.163 e. The summed E-state index contributed by atoms with van der Waals surface area (Å²) in [4.78, 5) is 11.9. The summed E-state index contributed by atoms with van der Waals surface area (Å²) in [7, 11) is 0. The first-order valence-corrected chi connectivity index (χ1v) is 7.24. The topological polar surface area (TPSA) is 46.5 Å². The average molecular weight is 282 g/mol. The summed E-state index contributed by atoms with van der Waals surface area (Å²) in [5, 5.41) is 10.1. The Hall–Kier alpha value is -2.13. The maximum atomic E-state index is 11.9. The van der Waals surface area contributed by atoms with Gasteiger partial charge in [-0.3, -0.25) is 4.79 Å². The van der Waals surface area contributed by atoms with Crippen LogP contribution in [0, 0.1) is 0 Å². The van der Waals surface area contributed by atoms with E-state index in [9.17, 15) is 9.90 Å². The highest BCUT2D eigenvalue weighted by Crippen LogP contribution is 2.31. The van der Waals surface area contributed by atoms with Crippen LogP contribution in [0.5, 0.6) is 5.75 Å². The Balaban J connectivity index is 1.76. The number of fused-ring (bicyclic) bond motifs is 1. The minimum absolute atomic E-state index is 0.167. The monoisotopic (exact) mass is 282 g/mol. The van der Waals surface area contributed by atoms with E-state index < -0.39 is 0 Å². The van der Waals surface area contributed by atoms with Gasteiger partial charge in [0.25, 0.3) is 0 Å². The van der Waals surface area contributed by atoms with Crippen molar-refractivity contribution in [3.8, 4) is 5.75 Å². The van der Waals surface area contributed by atoms with Crippen molar-refractivity contribution in [1.29, 1.82) is 0 Å². The molecule has 0 aromatic heterocycles. The summed E-state index contributed by atoms with van der Waals surface area (Å²) in [6, 6.07) is 13.2. The van der Waals surface area contributed by atoms with Gasteiger partial charge in [0.1, 0.15) is 5.75 Å². The Kier molecular flexibility index (Phi) is 4.02. The van der Waals surface area contributed by atoms with Gasteiger partial charge in [-0.1, -0.05) is 30.3 Å². The molecule has 0 fully saturated rings. The van der Waals surface area contributed by atoms with Crippen molar-refractivity contribution in [2.45, 2.75) is 32.5 Å². The van der Waals surface area contributed by atoms with Crippen LogP contribution in [0.2, 0.25) is 0 Å². The van der Waals surface area contributed by atoms with Crippen LogP contribution in [0.1, 0.15) is 39.9 Å². The van der Waals surface area contributed by atoms with E-state index in [0.717, 1.165) is 35.1 Å². The Morgan fingerprint density at radius 2 is 1.81 bits per heavy atom. The molecule has 0 spiro atoms. The number of carbonyl (C=O) groups is 1.